The van der Waals surface area contributed by atoms with Gasteiger partial charge in [-0.05, 0) is 18.2 Å². The first kappa shape index (κ1) is 21.2. The Labute approximate surface area is 170 Å². The van der Waals surface area contributed by atoms with Gasteiger partial charge < -0.3 is 19.5 Å². The molecule has 1 amide bonds. The lowest BCUT2D eigenvalue weighted by Crippen LogP contribution is -2.26. The zero-order chi connectivity index (χ0) is 21.9. The number of carbonyl (C=O) groups excluding carboxylic acids is 1. The molecule has 2 aromatic carbocycles. The van der Waals surface area contributed by atoms with Gasteiger partial charge in [-0.15, -0.1) is 0 Å². The van der Waals surface area contributed by atoms with Crippen molar-refractivity contribution in [3.63, 3.8) is 0 Å². The highest BCUT2D eigenvalue weighted by molar-refractivity contribution is 6.00. The molecule has 1 aromatic heterocycles. The molecule has 6 nitrogen and oxygen atoms in total. The predicted octanol–water partition coefficient (Wildman–Crippen LogP) is 4.21. The van der Waals surface area contributed by atoms with Crippen molar-refractivity contribution in [2.24, 2.45) is 0 Å². The number of amides is 1. The van der Waals surface area contributed by atoms with Gasteiger partial charge >= 0.3 is 6.18 Å². The van der Waals surface area contributed by atoms with Crippen molar-refractivity contribution in [3.05, 3.63) is 59.3 Å². The van der Waals surface area contributed by atoms with Crippen LogP contribution in [0.25, 0.3) is 10.9 Å². The van der Waals surface area contributed by atoms with E-state index in [4.69, 9.17) is 14.2 Å². The fraction of sp³-hybridized carbons (Fsp3) is 0.238. The van der Waals surface area contributed by atoms with Gasteiger partial charge in [0, 0.05) is 23.7 Å². The second-order valence-electron chi connectivity index (χ2n) is 6.24. The maximum Gasteiger partial charge on any atom is 0.417 e. The number of carbonyl (C=O) groups is 1. The molecule has 0 aliphatic rings. The lowest BCUT2D eigenvalue weighted by Gasteiger charge is -2.17. The largest absolute Gasteiger partial charge is 0.493 e. The number of para-hydroxylation sites is 1. The summed E-state index contributed by atoms with van der Waals surface area (Å²) in [6.07, 6.45) is -3.79. The maximum absolute atomic E-state index is 13.7. The van der Waals surface area contributed by atoms with Crippen molar-refractivity contribution in [2.45, 2.75) is 12.7 Å². The summed E-state index contributed by atoms with van der Waals surface area (Å²) in [6, 6.07) is 9.04. The molecule has 0 bridgehead atoms. The van der Waals surface area contributed by atoms with Crippen LogP contribution < -0.4 is 19.5 Å². The number of hydrogen-bond donors (Lipinski definition) is 1. The highest BCUT2D eigenvalue weighted by Gasteiger charge is 2.37. The van der Waals surface area contributed by atoms with Gasteiger partial charge in [-0.25, -0.2) is 0 Å². The lowest BCUT2D eigenvalue weighted by atomic mass is 10.0. The minimum Gasteiger partial charge on any atom is -0.493 e. The van der Waals surface area contributed by atoms with Gasteiger partial charge in [0.1, 0.15) is 0 Å². The van der Waals surface area contributed by atoms with Gasteiger partial charge in [-0.2, -0.15) is 13.2 Å². The molecule has 0 atom stereocenters. The molecule has 0 aliphatic heterocycles. The number of pyridine rings is 1. The Kier molecular flexibility index (Phi) is 6.00. The lowest BCUT2D eigenvalue weighted by molar-refractivity contribution is -0.136. The van der Waals surface area contributed by atoms with E-state index in [1.165, 1.54) is 39.5 Å². The Morgan fingerprint density at radius 1 is 1.00 bits per heavy atom. The summed E-state index contributed by atoms with van der Waals surface area (Å²) < 4.78 is 57.0. The zero-order valence-corrected chi connectivity index (χ0v) is 16.5. The molecule has 0 unspecified atom stereocenters. The number of alkyl halides is 3. The number of benzene rings is 2. The normalized spacial score (nSPS) is 11.3. The van der Waals surface area contributed by atoms with E-state index in [2.05, 4.69) is 10.3 Å². The molecule has 0 fully saturated rings. The fourth-order valence-corrected chi connectivity index (χ4v) is 3.19. The molecule has 30 heavy (non-hydrogen) atoms. The summed E-state index contributed by atoms with van der Waals surface area (Å²) in [5, 5.41) is 2.36. The summed E-state index contributed by atoms with van der Waals surface area (Å²) in [5.41, 5.74) is -0.917. The van der Waals surface area contributed by atoms with E-state index in [1.54, 1.807) is 18.2 Å². The average Bonchev–Trinajstić information content (AvgIpc) is 2.74. The minimum atomic E-state index is -4.73. The number of aromatic nitrogens is 1. The van der Waals surface area contributed by atoms with Crippen LogP contribution in [-0.4, -0.2) is 32.2 Å². The quantitative estimate of drug-likeness (QED) is 0.647. The topological polar surface area (TPSA) is 69.7 Å². The van der Waals surface area contributed by atoms with Crippen LogP contribution in [-0.2, 0) is 12.7 Å². The average molecular weight is 420 g/mol. The first-order valence-corrected chi connectivity index (χ1v) is 8.82. The van der Waals surface area contributed by atoms with Crippen molar-refractivity contribution in [1.29, 1.82) is 0 Å². The van der Waals surface area contributed by atoms with E-state index in [1.807, 2.05) is 0 Å². The second-order valence-corrected chi connectivity index (χ2v) is 6.24. The molecule has 158 valence electrons. The maximum atomic E-state index is 13.7. The van der Waals surface area contributed by atoms with E-state index >= 15 is 0 Å². The van der Waals surface area contributed by atoms with E-state index < -0.39 is 23.2 Å². The zero-order valence-electron chi connectivity index (χ0n) is 16.5. The number of nitrogens with one attached hydrogen (secondary N) is 1. The molecule has 0 saturated carbocycles. The summed E-state index contributed by atoms with van der Waals surface area (Å²) in [4.78, 5) is 16.7. The highest BCUT2D eigenvalue weighted by atomic mass is 19.4. The summed E-state index contributed by atoms with van der Waals surface area (Å²) in [7, 11) is 4.31. The third kappa shape index (κ3) is 3.96. The molecule has 1 heterocycles. The van der Waals surface area contributed by atoms with Gasteiger partial charge in [0.25, 0.3) is 5.91 Å². The van der Waals surface area contributed by atoms with Crippen LogP contribution in [0.1, 0.15) is 21.5 Å². The molecular formula is C21H19F3N2O4. The number of ether oxygens (including phenoxy) is 3. The number of methoxy groups -OCH3 is 3. The standard InChI is InChI=1S/C21H19F3N2O4/c1-28-16-9-8-12(18(29-2)19(16)30-3)10-26-20(27)14-11-25-15-7-5-4-6-13(15)17(14)21(22,23)24/h4-9,11H,10H2,1-3H3,(H,26,27). The van der Waals surface area contributed by atoms with E-state index in [0.717, 1.165) is 6.20 Å². The summed E-state index contributed by atoms with van der Waals surface area (Å²) in [5.74, 6) is 0.139. The molecule has 3 rings (SSSR count). The monoisotopic (exact) mass is 420 g/mol. The van der Waals surface area contributed by atoms with E-state index in [9.17, 15) is 18.0 Å². The minimum absolute atomic E-state index is 0.0908. The second kappa shape index (κ2) is 8.48. The third-order valence-electron chi connectivity index (χ3n) is 4.53. The molecular weight excluding hydrogens is 401 g/mol. The Hall–Kier alpha value is -3.49. The fourth-order valence-electron chi connectivity index (χ4n) is 3.19. The van der Waals surface area contributed by atoms with Crippen LogP contribution in [0.5, 0.6) is 17.2 Å². The molecule has 1 N–H and O–H groups in total. The van der Waals surface area contributed by atoms with Crippen molar-refractivity contribution < 1.29 is 32.2 Å². The van der Waals surface area contributed by atoms with Gasteiger partial charge in [-0.3, -0.25) is 9.78 Å². The molecule has 0 aliphatic carbocycles. The van der Waals surface area contributed by atoms with Crippen molar-refractivity contribution in [1.82, 2.24) is 10.3 Å². The third-order valence-corrected chi connectivity index (χ3v) is 4.53. The first-order valence-electron chi connectivity index (χ1n) is 8.82. The van der Waals surface area contributed by atoms with Crippen LogP contribution in [0.4, 0.5) is 13.2 Å². The molecule has 0 radical (unpaired) electrons. The Morgan fingerprint density at radius 2 is 1.70 bits per heavy atom. The smallest absolute Gasteiger partial charge is 0.417 e. The first-order chi connectivity index (χ1) is 14.3. The van der Waals surface area contributed by atoms with Crippen LogP contribution in [0, 0.1) is 0 Å². The van der Waals surface area contributed by atoms with E-state index in [0.29, 0.717) is 22.8 Å². The van der Waals surface area contributed by atoms with Crippen LogP contribution >= 0.6 is 0 Å². The van der Waals surface area contributed by atoms with Crippen molar-refractivity contribution >= 4 is 16.8 Å². The summed E-state index contributed by atoms with van der Waals surface area (Å²) in [6.45, 7) is -0.0908. The Balaban J connectivity index is 1.96. The molecule has 9 heteroatoms. The predicted molar refractivity (Wildman–Crippen MR) is 104 cm³/mol. The van der Waals surface area contributed by atoms with Gasteiger partial charge in [-0.1, -0.05) is 18.2 Å². The van der Waals surface area contributed by atoms with Crippen LogP contribution in [0.2, 0.25) is 0 Å². The number of hydrogen-bond acceptors (Lipinski definition) is 5. The van der Waals surface area contributed by atoms with E-state index in [-0.39, 0.29) is 17.4 Å². The Morgan fingerprint density at radius 3 is 2.33 bits per heavy atom. The van der Waals surface area contributed by atoms with Crippen LogP contribution in [0.3, 0.4) is 0 Å². The molecule has 0 spiro atoms. The number of rotatable bonds is 6. The Bertz CT molecular complexity index is 1080. The van der Waals surface area contributed by atoms with Gasteiger partial charge in [0.2, 0.25) is 5.75 Å². The molecule has 0 saturated heterocycles. The van der Waals surface area contributed by atoms with Gasteiger partial charge in [0.05, 0.1) is 38.0 Å². The van der Waals surface area contributed by atoms with Crippen molar-refractivity contribution in [3.8, 4) is 17.2 Å². The number of fused-ring (bicyclic) bond motifs is 1. The van der Waals surface area contributed by atoms with Gasteiger partial charge in [0.15, 0.2) is 11.5 Å². The number of halogens is 3. The highest BCUT2D eigenvalue weighted by Crippen LogP contribution is 2.40. The molecule has 3 aromatic rings. The van der Waals surface area contributed by atoms with Crippen LogP contribution in [0.15, 0.2) is 42.6 Å². The summed E-state index contributed by atoms with van der Waals surface area (Å²) >= 11 is 0. The number of nitrogens with zero attached hydrogens (tertiary/aromatic N) is 1. The van der Waals surface area contributed by atoms with Crippen molar-refractivity contribution in [2.75, 3.05) is 21.3 Å². The SMILES string of the molecule is COc1ccc(CNC(=O)c2cnc3ccccc3c2C(F)(F)F)c(OC)c1OC.